The van der Waals surface area contributed by atoms with E-state index in [1.54, 1.807) is 35.6 Å². The third-order valence-electron chi connectivity index (χ3n) is 5.14. The van der Waals surface area contributed by atoms with Gasteiger partial charge in [0, 0.05) is 39.1 Å². The number of pyridine rings is 1. The van der Waals surface area contributed by atoms with Crippen LogP contribution in [0.15, 0.2) is 55.1 Å². The Bertz CT molecular complexity index is 1000. The van der Waals surface area contributed by atoms with Gasteiger partial charge in [-0.15, -0.1) is 0 Å². The van der Waals surface area contributed by atoms with Gasteiger partial charge in [0.25, 0.3) is 0 Å². The SMILES string of the molecule is CO[C@H]1CN(C(=O)Cn2cnc3ccccc32)CC(=O)N(Cc2cccnc2)C1. The average Bonchev–Trinajstić information content (AvgIpc) is 3.07. The van der Waals surface area contributed by atoms with Crippen molar-refractivity contribution in [3.05, 3.63) is 60.7 Å². The molecule has 0 radical (unpaired) electrons. The van der Waals surface area contributed by atoms with Gasteiger partial charge >= 0.3 is 0 Å². The zero-order valence-corrected chi connectivity index (χ0v) is 16.3. The lowest BCUT2D eigenvalue weighted by atomic mass is 10.2. The van der Waals surface area contributed by atoms with Gasteiger partial charge in [0.1, 0.15) is 6.54 Å². The van der Waals surface area contributed by atoms with E-state index in [-0.39, 0.29) is 31.0 Å². The maximum atomic E-state index is 13.0. The summed E-state index contributed by atoms with van der Waals surface area (Å²) in [6, 6.07) is 11.4. The number of amides is 2. The first-order chi connectivity index (χ1) is 14.1. The minimum Gasteiger partial charge on any atom is -0.378 e. The molecule has 1 aliphatic rings. The van der Waals surface area contributed by atoms with E-state index in [1.165, 1.54) is 0 Å². The number of rotatable bonds is 5. The van der Waals surface area contributed by atoms with Gasteiger partial charge in [-0.05, 0) is 23.8 Å². The maximum Gasteiger partial charge on any atom is 0.243 e. The summed E-state index contributed by atoms with van der Waals surface area (Å²) in [7, 11) is 1.61. The predicted octanol–water partition coefficient (Wildman–Crippen LogP) is 1.32. The third-order valence-corrected chi connectivity index (χ3v) is 5.14. The Morgan fingerprint density at radius 2 is 2.07 bits per heavy atom. The van der Waals surface area contributed by atoms with E-state index in [0.29, 0.717) is 19.6 Å². The van der Waals surface area contributed by atoms with Gasteiger partial charge < -0.3 is 19.1 Å². The first kappa shape index (κ1) is 19.1. The molecule has 1 saturated heterocycles. The number of para-hydroxylation sites is 2. The molecule has 8 nitrogen and oxygen atoms in total. The number of carbonyl (C=O) groups is 2. The van der Waals surface area contributed by atoms with Gasteiger partial charge in [-0.3, -0.25) is 14.6 Å². The Morgan fingerprint density at radius 3 is 2.86 bits per heavy atom. The summed E-state index contributed by atoms with van der Waals surface area (Å²) >= 11 is 0. The third kappa shape index (κ3) is 4.27. The molecular weight excluding hydrogens is 370 g/mol. The minimum atomic E-state index is -0.249. The number of methoxy groups -OCH3 is 1. The smallest absolute Gasteiger partial charge is 0.243 e. The summed E-state index contributed by atoms with van der Waals surface area (Å²) in [5.41, 5.74) is 2.67. The Morgan fingerprint density at radius 1 is 1.21 bits per heavy atom. The van der Waals surface area contributed by atoms with Gasteiger partial charge in [-0.2, -0.15) is 0 Å². The van der Waals surface area contributed by atoms with Crippen molar-refractivity contribution in [3.63, 3.8) is 0 Å². The monoisotopic (exact) mass is 393 g/mol. The van der Waals surface area contributed by atoms with Gasteiger partial charge in [0.05, 0.1) is 30.0 Å². The molecule has 1 aromatic carbocycles. The van der Waals surface area contributed by atoms with Gasteiger partial charge in [-0.25, -0.2) is 4.98 Å². The maximum absolute atomic E-state index is 13.0. The fourth-order valence-electron chi connectivity index (χ4n) is 3.56. The molecule has 0 N–H and O–H groups in total. The first-order valence-corrected chi connectivity index (χ1v) is 9.51. The van der Waals surface area contributed by atoms with Crippen LogP contribution in [0.4, 0.5) is 0 Å². The van der Waals surface area contributed by atoms with Crippen molar-refractivity contribution in [1.29, 1.82) is 0 Å². The summed E-state index contributed by atoms with van der Waals surface area (Å²) < 4.78 is 7.36. The standard InChI is InChI=1S/C21H23N5O3/c1-29-17-11-24(10-16-5-4-8-22-9-16)20(27)13-25(12-17)21(28)14-26-15-23-18-6-2-3-7-19(18)26/h2-9,15,17H,10-14H2,1H3/t17-/m1/s1. The van der Waals surface area contributed by atoms with Crippen LogP contribution in [0, 0.1) is 0 Å². The van der Waals surface area contributed by atoms with E-state index in [4.69, 9.17) is 4.74 Å². The van der Waals surface area contributed by atoms with Crippen LogP contribution in [0.2, 0.25) is 0 Å². The Kier molecular flexibility index (Phi) is 5.53. The molecule has 3 aromatic rings. The summed E-state index contributed by atoms with van der Waals surface area (Å²) in [6.45, 7) is 1.42. The van der Waals surface area contributed by atoms with E-state index in [2.05, 4.69) is 9.97 Å². The molecule has 4 rings (SSSR count). The first-order valence-electron chi connectivity index (χ1n) is 9.51. The van der Waals surface area contributed by atoms with Crippen molar-refractivity contribution in [3.8, 4) is 0 Å². The number of benzene rings is 1. The Balaban J connectivity index is 1.49. The molecule has 29 heavy (non-hydrogen) atoms. The minimum absolute atomic E-state index is 0.0333. The number of imidazole rings is 1. The van der Waals surface area contributed by atoms with Crippen molar-refractivity contribution in [2.24, 2.45) is 0 Å². The molecule has 1 atom stereocenters. The van der Waals surface area contributed by atoms with Crippen LogP contribution in [0.25, 0.3) is 11.0 Å². The van der Waals surface area contributed by atoms with Crippen LogP contribution in [0.5, 0.6) is 0 Å². The lowest BCUT2D eigenvalue weighted by Crippen LogP contribution is -2.41. The van der Waals surface area contributed by atoms with Crippen LogP contribution in [0.3, 0.4) is 0 Å². The van der Waals surface area contributed by atoms with Crippen molar-refractivity contribution in [2.45, 2.75) is 19.2 Å². The van der Waals surface area contributed by atoms with E-state index in [9.17, 15) is 9.59 Å². The second-order valence-electron chi connectivity index (χ2n) is 7.13. The Labute approximate surface area is 168 Å². The highest BCUT2D eigenvalue weighted by molar-refractivity contribution is 5.86. The lowest BCUT2D eigenvalue weighted by Gasteiger charge is -2.23. The van der Waals surface area contributed by atoms with Crippen LogP contribution >= 0.6 is 0 Å². The molecule has 0 spiro atoms. The summed E-state index contributed by atoms with van der Waals surface area (Å²) in [5.74, 6) is -0.232. The summed E-state index contributed by atoms with van der Waals surface area (Å²) in [4.78, 5) is 37.6. The molecule has 0 bridgehead atoms. The molecule has 3 heterocycles. The average molecular weight is 393 g/mol. The zero-order valence-electron chi connectivity index (χ0n) is 16.3. The quantitative estimate of drug-likeness (QED) is 0.653. The molecule has 0 unspecified atom stereocenters. The van der Waals surface area contributed by atoms with Crippen molar-refractivity contribution in [2.75, 3.05) is 26.7 Å². The molecule has 150 valence electrons. The van der Waals surface area contributed by atoms with E-state index >= 15 is 0 Å². The number of hydrogen-bond acceptors (Lipinski definition) is 5. The van der Waals surface area contributed by atoms with Crippen LogP contribution in [-0.4, -0.2) is 69.0 Å². The molecular formula is C21H23N5O3. The van der Waals surface area contributed by atoms with E-state index < -0.39 is 0 Å². The number of nitrogens with zero attached hydrogens (tertiary/aromatic N) is 5. The molecule has 0 saturated carbocycles. The van der Waals surface area contributed by atoms with Crippen LogP contribution < -0.4 is 0 Å². The number of fused-ring (bicyclic) bond motifs is 1. The summed E-state index contributed by atoms with van der Waals surface area (Å²) in [6.07, 6.45) is 4.85. The second-order valence-corrected chi connectivity index (χ2v) is 7.13. The molecule has 8 heteroatoms. The number of carbonyl (C=O) groups excluding carboxylic acids is 2. The number of ether oxygens (including phenoxy) is 1. The van der Waals surface area contributed by atoms with E-state index in [1.807, 2.05) is 41.0 Å². The fourth-order valence-corrected chi connectivity index (χ4v) is 3.56. The van der Waals surface area contributed by atoms with Crippen LogP contribution in [-0.2, 0) is 27.4 Å². The second kappa shape index (κ2) is 8.40. The zero-order chi connectivity index (χ0) is 20.2. The van der Waals surface area contributed by atoms with Crippen LogP contribution in [0.1, 0.15) is 5.56 Å². The summed E-state index contributed by atoms with van der Waals surface area (Å²) in [5, 5.41) is 0. The van der Waals surface area contributed by atoms with Gasteiger partial charge in [0.2, 0.25) is 11.8 Å². The highest BCUT2D eigenvalue weighted by atomic mass is 16.5. The molecule has 2 amide bonds. The number of aromatic nitrogens is 3. The highest BCUT2D eigenvalue weighted by Gasteiger charge is 2.30. The molecule has 1 fully saturated rings. The van der Waals surface area contributed by atoms with Crippen molar-refractivity contribution in [1.82, 2.24) is 24.3 Å². The van der Waals surface area contributed by atoms with Gasteiger partial charge in [-0.1, -0.05) is 18.2 Å². The van der Waals surface area contributed by atoms with Crippen molar-refractivity contribution >= 4 is 22.8 Å². The fraction of sp³-hybridized carbons (Fsp3) is 0.333. The molecule has 1 aliphatic heterocycles. The van der Waals surface area contributed by atoms with E-state index in [0.717, 1.165) is 16.6 Å². The Hall–Kier alpha value is -3.26. The van der Waals surface area contributed by atoms with Gasteiger partial charge in [0.15, 0.2) is 0 Å². The molecule has 2 aromatic heterocycles. The predicted molar refractivity (Wildman–Crippen MR) is 107 cm³/mol. The largest absolute Gasteiger partial charge is 0.378 e. The lowest BCUT2D eigenvalue weighted by molar-refractivity contribution is -0.139. The molecule has 0 aliphatic carbocycles. The number of hydrogen-bond donors (Lipinski definition) is 0. The normalized spacial score (nSPS) is 17.6. The van der Waals surface area contributed by atoms with Crippen molar-refractivity contribution < 1.29 is 14.3 Å². The topological polar surface area (TPSA) is 80.6 Å². The highest BCUT2D eigenvalue weighted by Crippen LogP contribution is 2.15.